The lowest BCUT2D eigenvalue weighted by Crippen LogP contribution is -2.43. The van der Waals surface area contributed by atoms with E-state index in [0.717, 1.165) is 21.4 Å². The maximum absolute atomic E-state index is 12.8. The van der Waals surface area contributed by atoms with Crippen molar-refractivity contribution < 1.29 is 42.7 Å². The van der Waals surface area contributed by atoms with Crippen molar-refractivity contribution in [1.82, 2.24) is 14.1 Å². The minimum absolute atomic E-state index is 0.150. The summed E-state index contributed by atoms with van der Waals surface area (Å²) < 4.78 is 37.5. The molecule has 3 heterocycles. The molecule has 2 aromatic rings. The molecule has 170 valence electrons. The van der Waals surface area contributed by atoms with Gasteiger partial charge in [0.25, 0.3) is 5.56 Å². The van der Waals surface area contributed by atoms with Crippen LogP contribution in [0.1, 0.15) is 11.9 Å². The predicted octanol–water partition coefficient (Wildman–Crippen LogP) is -1.41. The molecule has 1 aliphatic rings. The van der Waals surface area contributed by atoms with Gasteiger partial charge in [0, 0.05) is 18.5 Å². The van der Waals surface area contributed by atoms with Gasteiger partial charge in [0.1, 0.15) is 18.3 Å². The Kier molecular flexibility index (Phi) is 7.37. The fourth-order valence-electron chi connectivity index (χ4n) is 2.91. The first kappa shape index (κ1) is 23.7. The van der Waals surface area contributed by atoms with Gasteiger partial charge < -0.3 is 24.7 Å². The van der Waals surface area contributed by atoms with E-state index in [1.54, 1.807) is 18.2 Å². The first-order chi connectivity index (χ1) is 14.6. The largest absolute Gasteiger partial charge is 0.479 e. The highest BCUT2D eigenvalue weighted by molar-refractivity contribution is 7.55. The number of pyridine rings is 1. The number of ether oxygens (including phenoxy) is 1. The average molecular weight is 479 g/mol. The Morgan fingerprint density at radius 1 is 1.23 bits per heavy atom. The molecular formula is C15H19N3O11P2. The molecule has 0 aliphatic carbocycles. The normalized spacial score (nSPS) is 26.5. The van der Waals surface area contributed by atoms with Crippen molar-refractivity contribution in [3.05, 3.63) is 63.2 Å². The number of phosphoric ester groups is 1. The van der Waals surface area contributed by atoms with Gasteiger partial charge in [-0.2, -0.15) is 0 Å². The van der Waals surface area contributed by atoms with Crippen molar-refractivity contribution in [1.29, 1.82) is 0 Å². The molecule has 16 heteroatoms. The van der Waals surface area contributed by atoms with Gasteiger partial charge in [-0.3, -0.25) is 28.0 Å². The van der Waals surface area contributed by atoms with Crippen molar-refractivity contribution in [2.75, 3.05) is 6.61 Å². The van der Waals surface area contributed by atoms with Crippen LogP contribution in [0.25, 0.3) is 0 Å². The molecule has 1 fully saturated rings. The topological polar surface area (TPSA) is 200 Å². The molecule has 0 aromatic carbocycles. The van der Waals surface area contributed by atoms with Gasteiger partial charge in [0.05, 0.1) is 18.8 Å². The van der Waals surface area contributed by atoms with Crippen molar-refractivity contribution in [3.63, 3.8) is 0 Å². The third-order valence-corrected chi connectivity index (χ3v) is 6.37. The van der Waals surface area contributed by atoms with E-state index in [1.165, 1.54) is 6.20 Å². The minimum atomic E-state index is -4.91. The van der Waals surface area contributed by atoms with E-state index in [0.29, 0.717) is 5.69 Å². The van der Waals surface area contributed by atoms with Crippen LogP contribution in [-0.2, 0) is 29.2 Å². The van der Waals surface area contributed by atoms with Gasteiger partial charge in [-0.25, -0.2) is 13.7 Å². The van der Waals surface area contributed by atoms with E-state index >= 15 is 0 Å². The molecule has 0 spiro atoms. The second kappa shape index (κ2) is 9.65. The number of nitrogens with zero attached hydrogens (tertiary/aromatic N) is 3. The Balaban J connectivity index is 1.80. The molecule has 0 saturated carbocycles. The lowest BCUT2D eigenvalue weighted by Gasteiger charge is -2.18. The highest BCUT2D eigenvalue weighted by Crippen LogP contribution is 2.51. The van der Waals surface area contributed by atoms with Crippen LogP contribution in [0.15, 0.2) is 46.2 Å². The van der Waals surface area contributed by atoms with Crippen LogP contribution in [0, 0.1) is 0 Å². The van der Waals surface area contributed by atoms with Gasteiger partial charge in [0.2, 0.25) is 0 Å². The average Bonchev–Trinajstić information content (AvgIpc) is 2.98. The number of rotatable bonds is 8. The van der Waals surface area contributed by atoms with Gasteiger partial charge in [0.15, 0.2) is 6.23 Å². The number of aromatic nitrogens is 3. The predicted molar refractivity (Wildman–Crippen MR) is 102 cm³/mol. The van der Waals surface area contributed by atoms with Crippen molar-refractivity contribution in [3.8, 4) is 0 Å². The van der Waals surface area contributed by atoms with Crippen LogP contribution in [0.3, 0.4) is 0 Å². The van der Waals surface area contributed by atoms with E-state index in [9.17, 15) is 33.8 Å². The summed E-state index contributed by atoms with van der Waals surface area (Å²) in [7, 11) is -8.69. The Labute approximate surface area is 174 Å². The zero-order chi connectivity index (χ0) is 22.8. The molecule has 31 heavy (non-hydrogen) atoms. The maximum atomic E-state index is 12.8. The minimum Gasteiger partial charge on any atom is -0.387 e. The molecule has 5 unspecified atom stereocenters. The number of aliphatic hydroxyl groups is 2. The maximum Gasteiger partial charge on any atom is 0.479 e. The van der Waals surface area contributed by atoms with Crippen LogP contribution in [0.2, 0.25) is 0 Å². The molecule has 14 nitrogen and oxygen atoms in total. The Morgan fingerprint density at radius 2 is 1.97 bits per heavy atom. The lowest BCUT2D eigenvalue weighted by molar-refractivity contribution is -0.0545. The molecule has 4 N–H and O–H groups in total. The molecule has 6 atom stereocenters. The molecule has 0 bridgehead atoms. The summed E-state index contributed by atoms with van der Waals surface area (Å²) >= 11 is 0. The molecule has 1 saturated heterocycles. The standard InChI is InChI=1S/C15H19N3O11P2/c19-11-4-6-17(15(22)18(11)7-9-3-1-2-5-16-9)14-13(21)12(20)10(28-14)8-27-31(25,26)29-30(23)24/h1-6,10,12-14,20-21,30H,7-8H2,(H,23,24)(H,25,26)/t10?,12-,13?,14?/m0/s1. The van der Waals surface area contributed by atoms with Crippen LogP contribution >= 0.6 is 16.1 Å². The molecule has 3 rings (SSSR count). The highest BCUT2D eigenvalue weighted by Gasteiger charge is 2.45. The van der Waals surface area contributed by atoms with Gasteiger partial charge in [-0.05, 0) is 12.1 Å². The summed E-state index contributed by atoms with van der Waals surface area (Å²) in [4.78, 5) is 46.9. The molecule has 0 amide bonds. The summed E-state index contributed by atoms with van der Waals surface area (Å²) in [5.41, 5.74) is -1.05. The van der Waals surface area contributed by atoms with E-state index in [2.05, 4.69) is 13.8 Å². The summed E-state index contributed by atoms with van der Waals surface area (Å²) in [5, 5.41) is 20.4. The fourth-order valence-corrected chi connectivity index (χ4v) is 4.25. The number of hydrogen-bond donors (Lipinski definition) is 4. The van der Waals surface area contributed by atoms with E-state index in [4.69, 9.17) is 9.63 Å². The number of aliphatic hydroxyl groups excluding tert-OH is 2. The van der Waals surface area contributed by atoms with Crippen LogP contribution < -0.4 is 11.2 Å². The van der Waals surface area contributed by atoms with E-state index in [-0.39, 0.29) is 6.54 Å². The molecule has 1 aliphatic heterocycles. The van der Waals surface area contributed by atoms with E-state index in [1.807, 2.05) is 0 Å². The zero-order valence-electron chi connectivity index (χ0n) is 15.6. The molecule has 0 radical (unpaired) electrons. The number of hydrogen-bond acceptors (Lipinski definition) is 10. The lowest BCUT2D eigenvalue weighted by atomic mass is 10.1. The van der Waals surface area contributed by atoms with Crippen molar-refractivity contribution >= 4 is 16.1 Å². The quantitative estimate of drug-likeness (QED) is 0.323. The fraction of sp³-hybridized carbons (Fsp3) is 0.400. The van der Waals surface area contributed by atoms with Gasteiger partial charge in [-0.15, -0.1) is 0 Å². The summed E-state index contributed by atoms with van der Waals surface area (Å²) in [6.07, 6.45) is -3.61. The summed E-state index contributed by atoms with van der Waals surface area (Å²) in [6, 6.07) is 6.01. The van der Waals surface area contributed by atoms with E-state index < -0.39 is 58.5 Å². The monoisotopic (exact) mass is 479 g/mol. The summed E-state index contributed by atoms with van der Waals surface area (Å²) in [5.74, 6) is 0. The van der Waals surface area contributed by atoms with Crippen LogP contribution in [0.5, 0.6) is 0 Å². The molecule has 2 aromatic heterocycles. The van der Waals surface area contributed by atoms with Gasteiger partial charge in [-0.1, -0.05) is 6.07 Å². The Hall–Kier alpha value is -1.99. The zero-order valence-corrected chi connectivity index (χ0v) is 17.5. The second-order valence-corrected chi connectivity index (χ2v) is 8.88. The van der Waals surface area contributed by atoms with Crippen LogP contribution in [-0.4, -0.2) is 59.0 Å². The summed E-state index contributed by atoms with van der Waals surface area (Å²) in [6.45, 7) is -0.956. The van der Waals surface area contributed by atoms with Crippen molar-refractivity contribution in [2.45, 2.75) is 31.1 Å². The molecular weight excluding hydrogens is 460 g/mol. The first-order valence-electron chi connectivity index (χ1n) is 8.72. The van der Waals surface area contributed by atoms with Crippen molar-refractivity contribution in [2.24, 2.45) is 0 Å². The second-order valence-electron chi connectivity index (χ2n) is 6.42. The Morgan fingerprint density at radius 3 is 2.61 bits per heavy atom. The van der Waals surface area contributed by atoms with Gasteiger partial charge >= 0.3 is 21.8 Å². The number of phosphoric acid groups is 1. The first-order valence-corrected chi connectivity index (χ1v) is 11.5. The Bertz CT molecular complexity index is 1110. The van der Waals surface area contributed by atoms with Crippen LogP contribution in [0.4, 0.5) is 0 Å². The smallest absolute Gasteiger partial charge is 0.387 e. The third-order valence-electron chi connectivity index (χ3n) is 4.35. The third kappa shape index (κ3) is 5.63. The highest BCUT2D eigenvalue weighted by atomic mass is 31.2. The SMILES string of the molecule is O=c1ccn(C2OC(COP(=O)(O)O[PH](=O)O)[C@H](O)C2O)c(=O)n1Cc1ccccn1.